The van der Waals surface area contributed by atoms with E-state index in [0.717, 1.165) is 44.5 Å². The van der Waals surface area contributed by atoms with Gasteiger partial charge in [-0.2, -0.15) is 0 Å². The number of benzene rings is 8. The summed E-state index contributed by atoms with van der Waals surface area (Å²) in [5.74, 6) is 0.716. The van der Waals surface area contributed by atoms with E-state index in [0.29, 0.717) is 5.82 Å². The lowest BCUT2D eigenvalue weighted by Crippen LogP contribution is -1.96. The van der Waals surface area contributed by atoms with Crippen LogP contribution in [-0.4, -0.2) is 14.5 Å². The SMILES string of the molecule is c1ccc(-c2nc(-c3ccc(-c4ccc5sc6ccccc6c5c4)cc3)nc3ccc(-c4ccc5c6ccccc6n(-c6ccccc6)c5c4)cc23)cc1. The number of nitrogens with zero attached hydrogens (tertiary/aromatic N) is 3. The molecule has 0 spiro atoms. The van der Waals surface area contributed by atoms with Crippen LogP contribution < -0.4 is 0 Å². The highest BCUT2D eigenvalue weighted by Crippen LogP contribution is 2.39. The average Bonchev–Trinajstić information content (AvgIpc) is 3.79. The minimum Gasteiger partial charge on any atom is -0.309 e. The van der Waals surface area contributed by atoms with E-state index in [-0.39, 0.29) is 0 Å². The third-order valence-corrected chi connectivity index (χ3v) is 11.8. The third kappa shape index (κ3) is 5.03. The molecular weight excluding hydrogens is 675 g/mol. The Morgan fingerprint density at radius 2 is 0.944 bits per heavy atom. The molecule has 0 saturated heterocycles. The summed E-state index contributed by atoms with van der Waals surface area (Å²) in [6.07, 6.45) is 0. The average molecular weight is 706 g/mol. The molecular formula is C50H31N3S. The molecule has 0 radical (unpaired) electrons. The number of fused-ring (bicyclic) bond motifs is 7. The van der Waals surface area contributed by atoms with Gasteiger partial charge < -0.3 is 4.57 Å². The number of hydrogen-bond acceptors (Lipinski definition) is 3. The Morgan fingerprint density at radius 3 is 1.80 bits per heavy atom. The highest BCUT2D eigenvalue weighted by Gasteiger charge is 2.16. The largest absolute Gasteiger partial charge is 0.309 e. The zero-order valence-corrected chi connectivity index (χ0v) is 30.0. The molecule has 0 bridgehead atoms. The molecule has 0 atom stereocenters. The first-order chi connectivity index (χ1) is 26.7. The number of hydrogen-bond donors (Lipinski definition) is 0. The molecule has 0 aliphatic carbocycles. The monoisotopic (exact) mass is 705 g/mol. The Bertz CT molecular complexity index is 3200. The van der Waals surface area contributed by atoms with E-state index in [1.807, 2.05) is 11.3 Å². The van der Waals surface area contributed by atoms with Crippen LogP contribution in [0.4, 0.5) is 0 Å². The topological polar surface area (TPSA) is 30.7 Å². The molecule has 11 aromatic rings. The van der Waals surface area contributed by atoms with E-state index in [9.17, 15) is 0 Å². The zero-order chi connectivity index (χ0) is 35.6. The molecule has 0 aliphatic heterocycles. The summed E-state index contributed by atoms with van der Waals surface area (Å²) in [7, 11) is 0. The maximum Gasteiger partial charge on any atom is 0.160 e. The van der Waals surface area contributed by atoms with E-state index in [4.69, 9.17) is 9.97 Å². The summed E-state index contributed by atoms with van der Waals surface area (Å²) in [5, 5.41) is 6.13. The number of rotatable bonds is 5. The summed E-state index contributed by atoms with van der Waals surface area (Å²) >= 11 is 1.85. The van der Waals surface area contributed by atoms with Crippen LogP contribution in [0.25, 0.3) is 103 Å². The summed E-state index contributed by atoms with van der Waals surface area (Å²) in [6.45, 7) is 0. The lowest BCUT2D eigenvalue weighted by Gasteiger charge is -2.12. The second-order valence-corrected chi connectivity index (χ2v) is 14.9. The standard InChI is InChI=1S/C50H31N3S/c1-3-11-33(12-4-1)49-43-30-36(37-23-26-40-39-15-7-9-17-45(39)53(46(40)31-37)38-13-5-2-6-14-38)24-27-44(43)51-50(52-49)34-21-19-32(20-22-34)35-25-28-48-42(29-35)41-16-8-10-18-47(41)54-48/h1-31H. The van der Waals surface area contributed by atoms with Crippen molar-refractivity contribution in [1.82, 2.24) is 14.5 Å². The maximum absolute atomic E-state index is 5.27. The molecule has 3 aromatic heterocycles. The lowest BCUT2D eigenvalue weighted by molar-refractivity contribution is 1.18. The van der Waals surface area contributed by atoms with Crippen LogP contribution in [0, 0.1) is 0 Å². The van der Waals surface area contributed by atoms with Gasteiger partial charge in [-0.1, -0.05) is 133 Å². The Labute approximate surface area is 316 Å². The molecule has 54 heavy (non-hydrogen) atoms. The van der Waals surface area contributed by atoms with Crippen molar-refractivity contribution in [2.24, 2.45) is 0 Å². The predicted octanol–water partition coefficient (Wildman–Crippen LogP) is 13.8. The molecule has 8 aromatic carbocycles. The lowest BCUT2D eigenvalue weighted by atomic mass is 9.98. The minimum atomic E-state index is 0.716. The van der Waals surface area contributed by atoms with Crippen molar-refractivity contribution in [3.05, 3.63) is 188 Å². The van der Waals surface area contributed by atoms with Gasteiger partial charge in [-0.15, -0.1) is 11.3 Å². The molecule has 0 N–H and O–H groups in total. The molecule has 252 valence electrons. The Morgan fingerprint density at radius 1 is 0.352 bits per heavy atom. The van der Waals surface area contributed by atoms with Gasteiger partial charge in [0.25, 0.3) is 0 Å². The molecule has 0 saturated carbocycles. The molecule has 3 nitrogen and oxygen atoms in total. The summed E-state index contributed by atoms with van der Waals surface area (Å²) < 4.78 is 5.00. The van der Waals surface area contributed by atoms with Gasteiger partial charge in [-0.25, -0.2) is 9.97 Å². The summed E-state index contributed by atoms with van der Waals surface area (Å²) in [6, 6.07) is 67.3. The smallest absolute Gasteiger partial charge is 0.160 e. The molecule has 11 rings (SSSR count). The van der Waals surface area contributed by atoms with Gasteiger partial charge in [0.05, 0.1) is 22.2 Å². The van der Waals surface area contributed by atoms with E-state index in [1.54, 1.807) is 0 Å². The summed E-state index contributed by atoms with van der Waals surface area (Å²) in [5.41, 5.74) is 12.1. The first-order valence-corrected chi connectivity index (χ1v) is 19.1. The highest BCUT2D eigenvalue weighted by atomic mass is 32.1. The minimum absolute atomic E-state index is 0.716. The van der Waals surface area contributed by atoms with Crippen molar-refractivity contribution < 1.29 is 0 Å². The van der Waals surface area contributed by atoms with Crippen LogP contribution in [0.1, 0.15) is 0 Å². The van der Waals surface area contributed by atoms with Crippen molar-refractivity contribution in [2.75, 3.05) is 0 Å². The molecule has 0 fully saturated rings. The Kier molecular flexibility index (Phi) is 7.04. The second kappa shape index (κ2) is 12.4. The molecule has 0 unspecified atom stereocenters. The highest BCUT2D eigenvalue weighted by molar-refractivity contribution is 7.25. The predicted molar refractivity (Wildman–Crippen MR) is 229 cm³/mol. The van der Waals surface area contributed by atoms with Gasteiger partial charge >= 0.3 is 0 Å². The third-order valence-electron chi connectivity index (χ3n) is 10.6. The van der Waals surface area contributed by atoms with Gasteiger partial charge in [0.15, 0.2) is 5.82 Å². The van der Waals surface area contributed by atoms with Gasteiger partial charge in [-0.05, 0) is 76.9 Å². The van der Waals surface area contributed by atoms with Crippen molar-refractivity contribution in [1.29, 1.82) is 0 Å². The van der Waals surface area contributed by atoms with E-state index >= 15 is 0 Å². The molecule has 0 amide bonds. The molecule has 0 aliphatic rings. The number of para-hydroxylation sites is 2. The number of thiophene rings is 1. The van der Waals surface area contributed by atoms with Crippen LogP contribution in [-0.2, 0) is 0 Å². The molecule has 3 heterocycles. The fraction of sp³-hybridized carbons (Fsp3) is 0. The van der Waals surface area contributed by atoms with Gasteiger partial charge in [-0.3, -0.25) is 0 Å². The fourth-order valence-corrected chi connectivity index (χ4v) is 9.06. The first-order valence-electron chi connectivity index (χ1n) is 18.2. The quantitative estimate of drug-likeness (QED) is 0.178. The van der Waals surface area contributed by atoms with E-state index in [2.05, 4.69) is 193 Å². The van der Waals surface area contributed by atoms with Crippen molar-refractivity contribution in [3.8, 4) is 50.6 Å². The van der Waals surface area contributed by atoms with Crippen molar-refractivity contribution in [3.63, 3.8) is 0 Å². The Hall–Kier alpha value is -6.88. The fourth-order valence-electron chi connectivity index (χ4n) is 7.98. The van der Waals surface area contributed by atoms with E-state index in [1.165, 1.54) is 53.1 Å². The van der Waals surface area contributed by atoms with Gasteiger partial charge in [0.1, 0.15) is 0 Å². The zero-order valence-electron chi connectivity index (χ0n) is 29.1. The van der Waals surface area contributed by atoms with Crippen LogP contribution in [0.3, 0.4) is 0 Å². The van der Waals surface area contributed by atoms with E-state index < -0.39 is 0 Å². The molecule has 4 heteroatoms. The van der Waals surface area contributed by atoms with Gasteiger partial charge in [0, 0.05) is 53.1 Å². The first kappa shape index (κ1) is 30.7. The second-order valence-electron chi connectivity index (χ2n) is 13.8. The Balaban J connectivity index is 1.02. The van der Waals surface area contributed by atoms with Crippen LogP contribution in [0.5, 0.6) is 0 Å². The van der Waals surface area contributed by atoms with Gasteiger partial charge in [0.2, 0.25) is 0 Å². The normalized spacial score (nSPS) is 11.7. The van der Waals surface area contributed by atoms with Crippen molar-refractivity contribution >= 4 is 64.2 Å². The number of aromatic nitrogens is 3. The van der Waals surface area contributed by atoms with Crippen molar-refractivity contribution in [2.45, 2.75) is 0 Å². The van der Waals surface area contributed by atoms with Crippen LogP contribution in [0.15, 0.2) is 188 Å². The van der Waals surface area contributed by atoms with Crippen LogP contribution >= 0.6 is 11.3 Å². The summed E-state index contributed by atoms with van der Waals surface area (Å²) in [4.78, 5) is 10.4. The maximum atomic E-state index is 5.27. The van der Waals surface area contributed by atoms with Crippen LogP contribution in [0.2, 0.25) is 0 Å².